The molecule has 2 bridgehead atoms. The molecule has 4 rings (SSSR count). The second-order valence-corrected chi connectivity index (χ2v) is 6.89. The van der Waals surface area contributed by atoms with Crippen molar-refractivity contribution in [3.63, 3.8) is 0 Å². The fourth-order valence-corrected chi connectivity index (χ4v) is 4.26. The van der Waals surface area contributed by atoms with Crippen molar-refractivity contribution in [3.05, 3.63) is 41.5 Å². The Labute approximate surface area is 160 Å². The predicted octanol–water partition coefficient (Wildman–Crippen LogP) is 0.399. The van der Waals surface area contributed by atoms with E-state index in [1.807, 2.05) is 37.3 Å². The molecule has 0 spiro atoms. The van der Waals surface area contributed by atoms with Gasteiger partial charge in [0.15, 0.2) is 5.71 Å². The number of ether oxygens (including phenoxy) is 2. The third kappa shape index (κ3) is 2.47. The van der Waals surface area contributed by atoms with Crippen LogP contribution in [0.2, 0.25) is 0 Å². The van der Waals surface area contributed by atoms with Crippen molar-refractivity contribution in [1.29, 1.82) is 0 Å². The Morgan fingerprint density at radius 1 is 1.14 bits per heavy atom. The molecule has 1 aromatic rings. The number of benzene rings is 1. The van der Waals surface area contributed by atoms with Gasteiger partial charge in [-0.05, 0) is 23.6 Å². The van der Waals surface area contributed by atoms with Crippen molar-refractivity contribution in [1.82, 2.24) is 5.43 Å². The number of esters is 2. The molecule has 28 heavy (non-hydrogen) atoms. The molecule has 1 saturated carbocycles. The van der Waals surface area contributed by atoms with Crippen molar-refractivity contribution in [3.8, 4) is 0 Å². The summed E-state index contributed by atoms with van der Waals surface area (Å²) in [6.07, 6.45) is -1.48. The lowest BCUT2D eigenvalue weighted by Gasteiger charge is -2.41. The zero-order valence-electron chi connectivity index (χ0n) is 15.5. The van der Waals surface area contributed by atoms with E-state index in [-0.39, 0.29) is 5.71 Å². The topological polar surface area (TPSA) is 116 Å². The highest BCUT2D eigenvalue weighted by Gasteiger charge is 2.69. The van der Waals surface area contributed by atoms with E-state index in [0.29, 0.717) is 0 Å². The Balaban J connectivity index is 1.87. The summed E-state index contributed by atoms with van der Waals surface area (Å²) in [5, 5.41) is 15.0. The maximum atomic E-state index is 12.4. The molecule has 1 saturated heterocycles. The molecular formula is C19H20N2O7. The van der Waals surface area contributed by atoms with Crippen LogP contribution in [0.4, 0.5) is 0 Å². The number of nitrogens with one attached hydrogen (secondary N) is 1. The van der Waals surface area contributed by atoms with Gasteiger partial charge in [-0.25, -0.2) is 19.4 Å². The minimum absolute atomic E-state index is 0.0234. The highest BCUT2D eigenvalue weighted by molar-refractivity contribution is 6.38. The lowest BCUT2D eigenvalue weighted by atomic mass is 9.79. The number of allylic oxidation sites excluding steroid dienone is 1. The molecule has 2 heterocycles. The molecule has 9 heteroatoms. The number of fused-ring (bicyclic) bond motifs is 5. The van der Waals surface area contributed by atoms with E-state index < -0.39 is 41.7 Å². The first-order chi connectivity index (χ1) is 13.4. The van der Waals surface area contributed by atoms with Crippen molar-refractivity contribution in [2.45, 2.75) is 24.9 Å². The Hall–Kier alpha value is -2.75. The first-order valence-corrected chi connectivity index (χ1v) is 8.76. The maximum absolute atomic E-state index is 12.4. The Kier molecular flexibility index (Phi) is 4.45. The molecule has 2 N–H and O–H groups in total. The number of methoxy groups -OCH3 is 2. The van der Waals surface area contributed by atoms with Crippen LogP contribution >= 0.6 is 0 Å². The highest BCUT2D eigenvalue weighted by atomic mass is 17.2. The van der Waals surface area contributed by atoms with Gasteiger partial charge in [-0.2, -0.15) is 5.10 Å². The van der Waals surface area contributed by atoms with E-state index in [1.54, 1.807) is 0 Å². The molecule has 2 aliphatic heterocycles. The minimum Gasteiger partial charge on any atom is -0.465 e. The summed E-state index contributed by atoms with van der Waals surface area (Å²) in [7, 11) is 2.39. The summed E-state index contributed by atoms with van der Waals surface area (Å²) in [5.74, 6) is -3.24. The van der Waals surface area contributed by atoms with Crippen LogP contribution in [0.5, 0.6) is 0 Å². The first-order valence-electron chi connectivity index (χ1n) is 8.76. The SMILES string of the molecule is COC(=O)C1=NNC(O)(C(=O)OC)[C@H]2[C@@H]1[C@H]1OO[C@@H]2/C1=C(/C)c1ccccc1. The first kappa shape index (κ1) is 18.6. The van der Waals surface area contributed by atoms with Gasteiger partial charge in [0.25, 0.3) is 5.72 Å². The number of hydrazone groups is 1. The third-order valence-corrected chi connectivity index (χ3v) is 5.59. The van der Waals surface area contributed by atoms with E-state index >= 15 is 0 Å². The van der Waals surface area contributed by atoms with Crippen molar-refractivity contribution >= 4 is 23.2 Å². The van der Waals surface area contributed by atoms with Crippen molar-refractivity contribution in [2.24, 2.45) is 16.9 Å². The third-order valence-electron chi connectivity index (χ3n) is 5.59. The smallest absolute Gasteiger partial charge is 0.361 e. The standard InChI is InChI=1S/C19H20N2O7/c1-9(10-7-5-4-6-8-10)11-15-12-13(16(11)28-27-15)19(24,18(23)26-3)21-20-14(12)17(22)25-2/h4-8,12-13,15-16,21,24H,1-3H3/b11-9-/t12-,13-,15-,16+,19?/m0/s1. The Bertz CT molecular complexity index is 882. The fraction of sp³-hybridized carbons (Fsp3) is 0.421. The van der Waals surface area contributed by atoms with Crippen LogP contribution in [0.3, 0.4) is 0 Å². The Morgan fingerprint density at radius 2 is 1.82 bits per heavy atom. The Morgan fingerprint density at radius 3 is 2.46 bits per heavy atom. The summed E-state index contributed by atoms with van der Waals surface area (Å²) in [5.41, 5.74) is 2.77. The molecule has 148 valence electrons. The number of carbonyl (C=O) groups excluding carboxylic acids is 2. The maximum Gasteiger partial charge on any atom is 0.361 e. The van der Waals surface area contributed by atoms with Gasteiger partial charge in [-0.15, -0.1) is 0 Å². The molecule has 9 nitrogen and oxygen atoms in total. The summed E-state index contributed by atoms with van der Waals surface area (Å²) < 4.78 is 9.58. The number of aliphatic hydroxyl groups is 1. The van der Waals surface area contributed by atoms with Gasteiger partial charge in [0.1, 0.15) is 12.2 Å². The van der Waals surface area contributed by atoms with E-state index in [2.05, 4.69) is 10.5 Å². The molecule has 0 aromatic heterocycles. The average Bonchev–Trinajstić information content (AvgIpc) is 3.30. The molecule has 1 unspecified atom stereocenters. The second kappa shape index (κ2) is 6.69. The second-order valence-electron chi connectivity index (χ2n) is 6.89. The number of nitrogens with zero attached hydrogens (tertiary/aromatic N) is 1. The minimum atomic E-state index is -2.18. The average molecular weight is 388 g/mol. The van der Waals surface area contributed by atoms with E-state index in [1.165, 1.54) is 7.11 Å². The van der Waals surface area contributed by atoms with Crippen LogP contribution in [0.25, 0.3) is 5.57 Å². The summed E-state index contributed by atoms with van der Waals surface area (Å²) in [6, 6.07) is 9.57. The normalized spacial score (nSPS) is 34.8. The molecule has 0 amide bonds. The molecule has 5 atom stereocenters. The van der Waals surface area contributed by atoms with Gasteiger partial charge in [-0.1, -0.05) is 30.3 Å². The molecule has 0 radical (unpaired) electrons. The van der Waals surface area contributed by atoms with E-state index in [4.69, 9.17) is 19.2 Å². The van der Waals surface area contributed by atoms with E-state index in [0.717, 1.165) is 23.8 Å². The molecule has 2 fully saturated rings. The van der Waals surface area contributed by atoms with E-state index in [9.17, 15) is 14.7 Å². The van der Waals surface area contributed by atoms with Crippen molar-refractivity contribution < 1.29 is 33.9 Å². The molecule has 3 aliphatic rings. The molecular weight excluding hydrogens is 368 g/mol. The van der Waals surface area contributed by atoms with Gasteiger partial charge in [0.05, 0.1) is 26.1 Å². The summed E-state index contributed by atoms with van der Waals surface area (Å²) >= 11 is 0. The van der Waals surface area contributed by atoms with Crippen LogP contribution in [0, 0.1) is 11.8 Å². The van der Waals surface area contributed by atoms with Gasteiger partial charge < -0.3 is 14.6 Å². The molecule has 1 aliphatic carbocycles. The van der Waals surface area contributed by atoms with Crippen LogP contribution in [-0.2, 0) is 28.8 Å². The van der Waals surface area contributed by atoms with Crippen LogP contribution in [0.1, 0.15) is 12.5 Å². The van der Waals surface area contributed by atoms with Gasteiger partial charge >= 0.3 is 11.9 Å². The largest absolute Gasteiger partial charge is 0.465 e. The van der Waals surface area contributed by atoms with Gasteiger partial charge in [-0.3, -0.25) is 5.43 Å². The van der Waals surface area contributed by atoms with Gasteiger partial charge in [0.2, 0.25) is 0 Å². The van der Waals surface area contributed by atoms with Crippen LogP contribution in [-0.4, -0.2) is 54.9 Å². The van der Waals surface area contributed by atoms with Crippen molar-refractivity contribution in [2.75, 3.05) is 14.2 Å². The summed E-state index contributed by atoms with van der Waals surface area (Å²) in [4.78, 5) is 35.6. The molecule has 1 aromatic carbocycles. The quantitative estimate of drug-likeness (QED) is 0.565. The zero-order chi connectivity index (χ0) is 20.1. The lowest BCUT2D eigenvalue weighted by Crippen LogP contribution is -2.66. The zero-order valence-corrected chi connectivity index (χ0v) is 15.5. The number of hydrogen-bond acceptors (Lipinski definition) is 9. The number of hydrogen-bond donors (Lipinski definition) is 2. The lowest BCUT2D eigenvalue weighted by molar-refractivity contribution is -0.348. The van der Waals surface area contributed by atoms with Crippen LogP contribution < -0.4 is 5.43 Å². The van der Waals surface area contributed by atoms with Gasteiger partial charge in [0, 0.05) is 0 Å². The predicted molar refractivity (Wildman–Crippen MR) is 95.3 cm³/mol. The number of carbonyl (C=O) groups is 2. The monoisotopic (exact) mass is 388 g/mol. The summed E-state index contributed by atoms with van der Waals surface area (Å²) in [6.45, 7) is 1.90. The number of rotatable bonds is 3. The highest BCUT2D eigenvalue weighted by Crippen LogP contribution is 2.53. The van der Waals surface area contributed by atoms with Crippen LogP contribution in [0.15, 0.2) is 41.0 Å². The fourth-order valence-electron chi connectivity index (χ4n) is 4.26.